The quantitative estimate of drug-likeness (QED) is 0.100. The number of hydrogen-bond donors (Lipinski definition) is 4. The summed E-state index contributed by atoms with van der Waals surface area (Å²) in [7, 11) is 8.87. The van der Waals surface area contributed by atoms with E-state index < -0.39 is 119 Å². The number of carbonyl (C=O) groups excluding carboxylic acids is 3. The minimum Gasteiger partial charge on any atom is -0.477 e. The SMILES string of the molecule is CC[C@@H]1OC(=O)[C@H](C)[C@H](O[C@@H]2C[C@](C)(OC)[C@H](OC(=O)CCNCCCc3ccc4c(c3)c(=O)c(C(=O)O)cn4C)[C@H](C)O2)[C@@H](C)[C@H](O[C@@H]2O[C@H](C)C[C@H](N(C)C)[C@@H]2O)[C@](C)(O)C[C@H](C)CN(C)[C@H](C)[C@H]2OC(=O)O[C@]12C. The van der Waals surface area contributed by atoms with Crippen molar-refractivity contribution in [2.24, 2.45) is 24.8 Å². The predicted molar refractivity (Wildman–Crippen MR) is 283 cm³/mol. The van der Waals surface area contributed by atoms with Crippen molar-refractivity contribution in [2.75, 3.05) is 47.9 Å². The number of hydrogen-bond acceptors (Lipinski definition) is 19. The molecule has 0 aliphatic carbocycles. The molecule has 434 valence electrons. The Labute approximate surface area is 453 Å². The number of nitrogens with zero attached hydrogens (tertiary/aromatic N) is 3. The van der Waals surface area contributed by atoms with Crippen LogP contribution in [0.3, 0.4) is 0 Å². The number of fused-ring (bicyclic) bond motifs is 2. The van der Waals surface area contributed by atoms with Gasteiger partial charge in [0.2, 0.25) is 5.43 Å². The van der Waals surface area contributed by atoms with Gasteiger partial charge in [0.25, 0.3) is 0 Å². The molecule has 6 rings (SSSR count). The van der Waals surface area contributed by atoms with Crippen molar-refractivity contribution in [2.45, 2.75) is 204 Å². The fraction of sp³-hybridized carbons (Fsp3) is 0.768. The van der Waals surface area contributed by atoms with Crippen molar-refractivity contribution in [3.8, 4) is 0 Å². The third kappa shape index (κ3) is 14.0. The number of aliphatic hydroxyl groups excluding tert-OH is 1. The number of ether oxygens (including phenoxy) is 9. The molecule has 0 bridgehead atoms. The molecule has 0 amide bonds. The van der Waals surface area contributed by atoms with Crippen LogP contribution in [-0.2, 0) is 65.7 Å². The summed E-state index contributed by atoms with van der Waals surface area (Å²) in [6, 6.07) is 4.73. The average Bonchev–Trinajstić information content (AvgIpc) is 3.67. The highest BCUT2D eigenvalue weighted by atomic mass is 16.8. The Balaban J connectivity index is 1.20. The summed E-state index contributed by atoms with van der Waals surface area (Å²) in [5.74, 6) is -4.51. The van der Waals surface area contributed by atoms with E-state index in [0.29, 0.717) is 49.8 Å². The molecule has 5 heterocycles. The summed E-state index contributed by atoms with van der Waals surface area (Å²) < 4.78 is 58.6. The second-order valence-corrected chi connectivity index (χ2v) is 23.3. The number of cyclic esters (lactones) is 1. The highest BCUT2D eigenvalue weighted by molar-refractivity contribution is 5.92. The van der Waals surface area contributed by atoms with E-state index in [1.807, 2.05) is 77.7 Å². The minimum atomic E-state index is -1.63. The Kier molecular flexibility index (Phi) is 20.5. The lowest BCUT2D eigenvalue weighted by Gasteiger charge is -2.49. The number of carbonyl (C=O) groups is 4. The number of likely N-dealkylation sites (N-methyl/N-ethyl adjacent to an activating group) is 2. The molecule has 4 aliphatic heterocycles. The van der Waals surface area contributed by atoms with Crippen molar-refractivity contribution in [3.05, 3.63) is 45.7 Å². The van der Waals surface area contributed by atoms with Crippen LogP contribution in [0.4, 0.5) is 4.79 Å². The van der Waals surface area contributed by atoms with Gasteiger partial charge in [-0.3, -0.25) is 19.3 Å². The lowest BCUT2D eigenvalue weighted by molar-refractivity contribution is -0.318. The molecule has 4 fully saturated rings. The maximum Gasteiger partial charge on any atom is 0.509 e. The van der Waals surface area contributed by atoms with Gasteiger partial charge in [-0.1, -0.05) is 26.8 Å². The zero-order valence-corrected chi connectivity index (χ0v) is 47.9. The van der Waals surface area contributed by atoms with Crippen molar-refractivity contribution in [3.63, 3.8) is 0 Å². The Bertz CT molecular complexity index is 2440. The van der Waals surface area contributed by atoms with E-state index in [0.717, 1.165) is 5.56 Å². The van der Waals surface area contributed by atoms with Crippen molar-refractivity contribution < 1.29 is 77.1 Å². The molecule has 21 nitrogen and oxygen atoms in total. The number of rotatable bonds is 16. The van der Waals surface area contributed by atoms with Gasteiger partial charge in [0, 0.05) is 63.3 Å². The van der Waals surface area contributed by atoms with E-state index >= 15 is 0 Å². The third-order valence-corrected chi connectivity index (χ3v) is 16.7. The first-order valence-corrected chi connectivity index (χ1v) is 27.4. The van der Waals surface area contributed by atoms with Gasteiger partial charge in [0.15, 0.2) is 30.4 Å². The molecular formula is C56H88N4O17. The first-order valence-electron chi connectivity index (χ1n) is 27.4. The molecule has 0 unspecified atom stereocenters. The standard InChI is InChI=1S/C56H88N4O17/c1-16-41-56(10)48(76-53(67)77-56)34(6)59(13)28-30(2)26-54(8,68)47(75-52-45(63)40(58(11)12)24-31(3)70-52)32(4)46(33(5)51(66)72-41)74-43-27-55(9,69-15)49(35(7)71-43)73-42(61)21-23-57-22-17-18-36-19-20-39-37(25-36)44(62)38(50(64)65)29-60(39)14/h19-20,25,29-35,40-41,43,45-49,52,57,63,68H,16-18,21-24,26-28H2,1-15H3,(H,64,65)/t30-,31+,32+,33+,34+,35-,40-,41-,43+,45-,46+,47-,48+,49+,52-,54+,55-,56+/m0/s1. The van der Waals surface area contributed by atoms with Crippen LogP contribution in [0.5, 0.6) is 0 Å². The molecule has 0 radical (unpaired) electrons. The number of benzene rings is 1. The number of pyridine rings is 1. The number of methoxy groups -OCH3 is 1. The summed E-state index contributed by atoms with van der Waals surface area (Å²) in [5.41, 5.74) is -3.43. The molecular weight excluding hydrogens is 1000 g/mol. The van der Waals surface area contributed by atoms with Gasteiger partial charge in [-0.15, -0.1) is 0 Å². The van der Waals surface area contributed by atoms with Crippen LogP contribution in [0.2, 0.25) is 0 Å². The van der Waals surface area contributed by atoms with E-state index in [9.17, 15) is 39.3 Å². The number of aryl methyl sites for hydroxylation is 2. The number of aliphatic hydroxyl groups is 2. The van der Waals surface area contributed by atoms with Crippen molar-refractivity contribution in [1.82, 2.24) is 19.7 Å². The Morgan fingerprint density at radius 3 is 2.30 bits per heavy atom. The minimum absolute atomic E-state index is 0.0403. The Morgan fingerprint density at radius 1 is 0.948 bits per heavy atom. The molecule has 1 aromatic carbocycles. The number of carboxylic acids is 1. The van der Waals surface area contributed by atoms with Gasteiger partial charge in [0.1, 0.15) is 23.4 Å². The van der Waals surface area contributed by atoms with E-state index in [2.05, 4.69) is 5.32 Å². The van der Waals surface area contributed by atoms with Crippen LogP contribution >= 0.6 is 0 Å². The van der Waals surface area contributed by atoms with Gasteiger partial charge < -0.3 is 72.7 Å². The van der Waals surface area contributed by atoms with Crippen LogP contribution in [0, 0.1) is 17.8 Å². The van der Waals surface area contributed by atoms with Gasteiger partial charge in [-0.05, 0) is 132 Å². The second kappa shape index (κ2) is 25.4. The molecule has 18 atom stereocenters. The number of aromatic nitrogens is 1. The molecule has 2 aromatic rings. The zero-order valence-electron chi connectivity index (χ0n) is 47.9. The van der Waals surface area contributed by atoms with Gasteiger partial charge >= 0.3 is 24.1 Å². The summed E-state index contributed by atoms with van der Waals surface area (Å²) in [6.07, 6.45) is -6.38. The fourth-order valence-electron chi connectivity index (χ4n) is 12.3. The number of carboxylic acid groups (broad SMARTS) is 1. The molecule has 21 heteroatoms. The van der Waals surface area contributed by atoms with Crippen LogP contribution in [0.1, 0.15) is 124 Å². The van der Waals surface area contributed by atoms with Crippen LogP contribution in [0.25, 0.3) is 10.9 Å². The van der Waals surface area contributed by atoms with E-state index in [1.54, 1.807) is 52.3 Å². The highest BCUT2D eigenvalue weighted by Crippen LogP contribution is 2.42. The smallest absolute Gasteiger partial charge is 0.477 e. The van der Waals surface area contributed by atoms with Gasteiger partial charge in [0.05, 0.1) is 47.9 Å². The number of esters is 2. The predicted octanol–water partition coefficient (Wildman–Crippen LogP) is 4.80. The van der Waals surface area contributed by atoms with Crippen LogP contribution in [0.15, 0.2) is 29.2 Å². The summed E-state index contributed by atoms with van der Waals surface area (Å²) in [4.78, 5) is 69.7. The highest BCUT2D eigenvalue weighted by Gasteiger charge is 2.58. The first kappa shape index (κ1) is 61.9. The van der Waals surface area contributed by atoms with E-state index in [4.69, 9.17) is 42.6 Å². The van der Waals surface area contributed by atoms with Crippen molar-refractivity contribution in [1.29, 1.82) is 0 Å². The normalized spacial score (nSPS) is 37.8. The lowest BCUT2D eigenvalue weighted by atomic mass is 9.77. The van der Waals surface area contributed by atoms with Gasteiger partial charge in [-0.25, -0.2) is 9.59 Å². The molecule has 4 aliphatic rings. The summed E-state index contributed by atoms with van der Waals surface area (Å²) in [5, 5.41) is 37.8. The van der Waals surface area contributed by atoms with Crippen LogP contribution < -0.4 is 10.7 Å². The lowest BCUT2D eigenvalue weighted by Crippen LogP contribution is -2.61. The molecule has 1 aromatic heterocycles. The third-order valence-electron chi connectivity index (χ3n) is 16.7. The summed E-state index contributed by atoms with van der Waals surface area (Å²) >= 11 is 0. The van der Waals surface area contributed by atoms with Gasteiger partial charge in [-0.2, -0.15) is 0 Å². The molecule has 4 N–H and O–H groups in total. The summed E-state index contributed by atoms with van der Waals surface area (Å²) in [6.45, 7) is 19.4. The van der Waals surface area contributed by atoms with Crippen LogP contribution in [-0.4, -0.2) is 192 Å². The fourth-order valence-corrected chi connectivity index (χ4v) is 12.3. The van der Waals surface area contributed by atoms with E-state index in [-0.39, 0.29) is 49.3 Å². The molecule has 77 heavy (non-hydrogen) atoms. The zero-order chi connectivity index (χ0) is 57.1. The monoisotopic (exact) mass is 1090 g/mol. The maximum atomic E-state index is 14.8. The number of nitrogens with one attached hydrogen (secondary N) is 1. The number of aromatic carboxylic acids is 1. The molecule has 4 saturated heterocycles. The molecule has 0 spiro atoms. The topological polar surface area (TPSA) is 253 Å². The van der Waals surface area contributed by atoms with E-state index in [1.165, 1.54) is 13.3 Å². The Hall–Kier alpha value is -4.29. The van der Waals surface area contributed by atoms with Crippen molar-refractivity contribution >= 4 is 35.0 Å². The molecule has 0 saturated carbocycles. The maximum absolute atomic E-state index is 14.8. The average molecular weight is 1090 g/mol. The second-order valence-electron chi connectivity index (χ2n) is 23.3. The first-order chi connectivity index (χ1) is 36.0. The largest absolute Gasteiger partial charge is 0.509 e. The Morgan fingerprint density at radius 2 is 1.65 bits per heavy atom.